The summed E-state index contributed by atoms with van der Waals surface area (Å²) < 4.78 is 27.3. The molecule has 0 heterocycles. The number of hydrogen-bond acceptors (Lipinski definition) is 4. The van der Waals surface area contributed by atoms with Crippen molar-refractivity contribution in [3.05, 3.63) is 70.4 Å². The normalized spacial score (nSPS) is 14.6. The molecular formula is C19H19ClN2O3S. The van der Waals surface area contributed by atoms with Gasteiger partial charge in [0.05, 0.1) is 22.2 Å². The Kier molecular flexibility index (Phi) is 5.34. The summed E-state index contributed by atoms with van der Waals surface area (Å²) in [7, 11) is -3.55. The first-order chi connectivity index (χ1) is 12.3. The molecule has 1 aliphatic rings. The molecule has 1 aliphatic carbocycles. The van der Waals surface area contributed by atoms with E-state index in [-0.39, 0.29) is 11.5 Å². The fraction of sp³-hybridized carbons (Fsp3) is 0.211. The average molecular weight is 391 g/mol. The van der Waals surface area contributed by atoms with Crippen LogP contribution in [-0.2, 0) is 20.6 Å². The van der Waals surface area contributed by atoms with Gasteiger partial charge in [0.2, 0.25) is 10.0 Å². The van der Waals surface area contributed by atoms with Gasteiger partial charge in [-0.05, 0) is 37.1 Å². The van der Waals surface area contributed by atoms with Crippen LogP contribution in [0.2, 0.25) is 5.02 Å². The second kappa shape index (κ2) is 7.51. The minimum Gasteiger partial charge on any atom is -0.357 e. The van der Waals surface area contributed by atoms with Gasteiger partial charge in [0.25, 0.3) is 0 Å². The fourth-order valence-electron chi connectivity index (χ4n) is 2.79. The molecule has 0 saturated carbocycles. The number of hydrogen-bond donors (Lipinski definition) is 2. The van der Waals surface area contributed by atoms with Gasteiger partial charge < -0.3 is 5.32 Å². The Bertz CT molecular complexity index is 970. The van der Waals surface area contributed by atoms with Crippen LogP contribution in [0, 0.1) is 0 Å². The van der Waals surface area contributed by atoms with E-state index in [1.165, 1.54) is 0 Å². The summed E-state index contributed by atoms with van der Waals surface area (Å²) in [5, 5.41) is 3.61. The van der Waals surface area contributed by atoms with E-state index in [0.29, 0.717) is 40.4 Å². The number of rotatable bonds is 6. The average Bonchev–Trinajstić information content (AvgIpc) is 2.90. The third-order valence-corrected chi connectivity index (χ3v) is 5.79. The molecule has 0 spiro atoms. The molecule has 0 unspecified atom stereocenters. The Morgan fingerprint density at radius 1 is 1.08 bits per heavy atom. The minimum absolute atomic E-state index is 0.113. The Hall–Kier alpha value is -2.31. The number of carbonyl (C=O) groups excluding carboxylic acids is 1. The zero-order chi connectivity index (χ0) is 18.7. The Balaban J connectivity index is 1.78. The molecule has 0 aliphatic heterocycles. The summed E-state index contributed by atoms with van der Waals surface area (Å²) in [5.74, 6) is 0.00110. The number of anilines is 2. The van der Waals surface area contributed by atoms with Gasteiger partial charge in [-0.15, -0.1) is 0 Å². The quantitative estimate of drug-likeness (QED) is 0.769. The number of nitrogens with one attached hydrogen (secondary N) is 2. The van der Waals surface area contributed by atoms with Gasteiger partial charge in [0.1, 0.15) is 0 Å². The molecular weight excluding hydrogens is 372 g/mol. The maximum atomic E-state index is 12.4. The van der Waals surface area contributed by atoms with Crippen LogP contribution in [-0.4, -0.2) is 14.2 Å². The predicted octanol–water partition coefficient (Wildman–Crippen LogP) is 4.33. The van der Waals surface area contributed by atoms with Crippen molar-refractivity contribution in [3.63, 3.8) is 0 Å². The lowest BCUT2D eigenvalue weighted by molar-refractivity contribution is -0.114. The summed E-state index contributed by atoms with van der Waals surface area (Å²) in [4.78, 5) is 11.7. The van der Waals surface area contributed by atoms with Crippen molar-refractivity contribution in [1.82, 2.24) is 0 Å². The SMILES string of the molecule is CC1=C(Nc2cc(NS(=O)(=O)Cc3ccccc3)ccc2Cl)CCC1=O. The van der Waals surface area contributed by atoms with Gasteiger partial charge in [-0.1, -0.05) is 41.9 Å². The lowest BCUT2D eigenvalue weighted by Crippen LogP contribution is -2.15. The summed E-state index contributed by atoms with van der Waals surface area (Å²) in [6, 6.07) is 13.8. The van der Waals surface area contributed by atoms with Gasteiger partial charge in [-0.25, -0.2) is 8.42 Å². The smallest absolute Gasteiger partial charge is 0.236 e. The largest absolute Gasteiger partial charge is 0.357 e. The number of sulfonamides is 1. The molecule has 26 heavy (non-hydrogen) atoms. The van der Waals surface area contributed by atoms with Gasteiger partial charge >= 0.3 is 0 Å². The molecule has 0 bridgehead atoms. The van der Waals surface area contributed by atoms with Crippen molar-refractivity contribution in [1.29, 1.82) is 0 Å². The van der Waals surface area contributed by atoms with Gasteiger partial charge in [0, 0.05) is 17.7 Å². The van der Waals surface area contributed by atoms with Crippen molar-refractivity contribution >= 4 is 38.8 Å². The van der Waals surface area contributed by atoms with Crippen molar-refractivity contribution in [2.24, 2.45) is 0 Å². The van der Waals surface area contributed by atoms with Crippen LogP contribution < -0.4 is 10.0 Å². The van der Waals surface area contributed by atoms with E-state index in [1.807, 2.05) is 6.07 Å². The highest BCUT2D eigenvalue weighted by Crippen LogP contribution is 2.31. The van der Waals surface area contributed by atoms with Crippen LogP contribution in [0.3, 0.4) is 0 Å². The molecule has 2 aromatic rings. The molecule has 2 aromatic carbocycles. The second-order valence-electron chi connectivity index (χ2n) is 6.19. The number of ketones is 1. The topological polar surface area (TPSA) is 75.3 Å². The van der Waals surface area contributed by atoms with Gasteiger partial charge in [0.15, 0.2) is 5.78 Å². The highest BCUT2D eigenvalue weighted by atomic mass is 35.5. The molecule has 0 atom stereocenters. The molecule has 7 heteroatoms. The van der Waals surface area contributed by atoms with E-state index in [9.17, 15) is 13.2 Å². The highest BCUT2D eigenvalue weighted by Gasteiger charge is 2.20. The molecule has 5 nitrogen and oxygen atoms in total. The lowest BCUT2D eigenvalue weighted by Gasteiger charge is -2.13. The Labute approximate surface area is 158 Å². The lowest BCUT2D eigenvalue weighted by atomic mass is 10.2. The zero-order valence-corrected chi connectivity index (χ0v) is 15.8. The molecule has 0 aromatic heterocycles. The number of benzene rings is 2. The number of Topliss-reactive ketones (excluding diaryl/α,β-unsaturated/α-hetero) is 1. The van der Waals surface area contributed by atoms with Crippen LogP contribution in [0.25, 0.3) is 0 Å². The third kappa shape index (κ3) is 4.45. The Morgan fingerprint density at radius 2 is 1.81 bits per heavy atom. The number of allylic oxidation sites excluding steroid dienone is 2. The number of carbonyl (C=O) groups is 1. The van der Waals surface area contributed by atoms with Crippen molar-refractivity contribution in [2.75, 3.05) is 10.0 Å². The van der Waals surface area contributed by atoms with Crippen LogP contribution in [0.15, 0.2) is 59.8 Å². The fourth-order valence-corrected chi connectivity index (χ4v) is 4.15. The first-order valence-corrected chi connectivity index (χ1v) is 10.2. The van der Waals surface area contributed by atoms with Crippen LogP contribution in [0.5, 0.6) is 0 Å². The summed E-state index contributed by atoms with van der Waals surface area (Å²) in [6.07, 6.45) is 1.11. The second-order valence-corrected chi connectivity index (χ2v) is 8.32. The van der Waals surface area contributed by atoms with E-state index in [0.717, 1.165) is 5.70 Å². The highest BCUT2D eigenvalue weighted by molar-refractivity contribution is 7.91. The van der Waals surface area contributed by atoms with Crippen LogP contribution in [0.4, 0.5) is 11.4 Å². The molecule has 0 radical (unpaired) electrons. The van der Waals surface area contributed by atoms with Crippen LogP contribution >= 0.6 is 11.6 Å². The van der Waals surface area contributed by atoms with E-state index in [4.69, 9.17) is 11.6 Å². The van der Waals surface area contributed by atoms with E-state index < -0.39 is 10.0 Å². The van der Waals surface area contributed by atoms with Crippen LogP contribution in [0.1, 0.15) is 25.3 Å². The van der Waals surface area contributed by atoms with Crippen molar-refractivity contribution in [3.8, 4) is 0 Å². The molecule has 2 N–H and O–H groups in total. The maximum Gasteiger partial charge on any atom is 0.236 e. The summed E-state index contributed by atoms with van der Waals surface area (Å²) in [5.41, 5.74) is 3.20. The predicted molar refractivity (Wildman–Crippen MR) is 105 cm³/mol. The van der Waals surface area contributed by atoms with Gasteiger partial charge in [-0.3, -0.25) is 9.52 Å². The molecule has 0 amide bonds. The van der Waals surface area contributed by atoms with Crippen molar-refractivity contribution in [2.45, 2.75) is 25.5 Å². The maximum absolute atomic E-state index is 12.4. The minimum atomic E-state index is -3.55. The third-order valence-electron chi connectivity index (χ3n) is 4.20. The summed E-state index contributed by atoms with van der Waals surface area (Å²) >= 11 is 6.21. The van der Waals surface area contributed by atoms with E-state index in [1.54, 1.807) is 49.4 Å². The molecule has 3 rings (SSSR count). The first-order valence-electron chi connectivity index (χ1n) is 8.18. The van der Waals surface area contributed by atoms with Crippen molar-refractivity contribution < 1.29 is 13.2 Å². The first kappa shape index (κ1) is 18.5. The monoisotopic (exact) mass is 390 g/mol. The summed E-state index contributed by atoms with van der Waals surface area (Å²) in [6.45, 7) is 1.78. The molecule has 0 fully saturated rings. The number of halogens is 1. The Morgan fingerprint density at radius 3 is 2.46 bits per heavy atom. The zero-order valence-electron chi connectivity index (χ0n) is 14.3. The van der Waals surface area contributed by atoms with E-state index in [2.05, 4.69) is 10.0 Å². The van der Waals surface area contributed by atoms with E-state index >= 15 is 0 Å². The molecule has 0 saturated heterocycles. The molecule has 136 valence electrons. The van der Waals surface area contributed by atoms with Gasteiger partial charge in [-0.2, -0.15) is 0 Å². The standard InChI is InChI=1S/C19H19ClN2O3S/c1-13-17(9-10-19(13)23)21-18-11-15(7-8-16(18)20)22-26(24,25)12-14-5-3-2-4-6-14/h2-8,11,21-22H,9-10,12H2,1H3.